The summed E-state index contributed by atoms with van der Waals surface area (Å²) < 4.78 is 24.2. The monoisotopic (exact) mass is 271 g/mol. The standard InChI is InChI=1S/C12H14ClNO2S/c1-17(15,16)14-8-6-11(7-9-14)10-2-4-12(13)5-3-10/h2-6H,7-9H2,1H3. The van der Waals surface area contributed by atoms with Gasteiger partial charge in [-0.25, -0.2) is 8.42 Å². The van der Waals surface area contributed by atoms with Crippen molar-refractivity contribution in [1.82, 2.24) is 4.31 Å². The third kappa shape index (κ3) is 3.09. The molecule has 0 atom stereocenters. The predicted octanol–water partition coefficient (Wildman–Crippen LogP) is 2.39. The lowest BCUT2D eigenvalue weighted by molar-refractivity contribution is 0.446. The summed E-state index contributed by atoms with van der Waals surface area (Å²) in [4.78, 5) is 0. The summed E-state index contributed by atoms with van der Waals surface area (Å²) in [6, 6.07) is 7.62. The van der Waals surface area contributed by atoms with E-state index in [0.29, 0.717) is 18.1 Å². The van der Waals surface area contributed by atoms with Crippen LogP contribution in [-0.2, 0) is 10.0 Å². The Bertz CT molecular complexity index is 534. The SMILES string of the molecule is CS(=O)(=O)N1CC=C(c2ccc(Cl)cc2)CC1. The smallest absolute Gasteiger partial charge is 0.211 e. The van der Waals surface area contributed by atoms with Crippen LogP contribution in [0.25, 0.3) is 5.57 Å². The number of nitrogens with zero attached hydrogens (tertiary/aromatic N) is 1. The topological polar surface area (TPSA) is 37.4 Å². The molecule has 1 aliphatic rings. The van der Waals surface area contributed by atoms with Gasteiger partial charge in [-0.05, 0) is 29.7 Å². The molecule has 0 unspecified atom stereocenters. The quantitative estimate of drug-likeness (QED) is 0.828. The maximum atomic E-state index is 11.4. The maximum Gasteiger partial charge on any atom is 0.211 e. The minimum Gasteiger partial charge on any atom is -0.212 e. The van der Waals surface area contributed by atoms with E-state index < -0.39 is 10.0 Å². The molecule has 1 aromatic carbocycles. The summed E-state index contributed by atoms with van der Waals surface area (Å²) in [6.07, 6.45) is 3.95. The van der Waals surface area contributed by atoms with Crippen LogP contribution in [0, 0.1) is 0 Å². The van der Waals surface area contributed by atoms with Gasteiger partial charge in [-0.15, -0.1) is 0 Å². The Morgan fingerprint density at radius 2 is 1.88 bits per heavy atom. The molecule has 0 aromatic heterocycles. The fraction of sp³-hybridized carbons (Fsp3) is 0.333. The number of halogens is 1. The molecule has 92 valence electrons. The Balaban J connectivity index is 2.16. The predicted molar refractivity (Wildman–Crippen MR) is 70.5 cm³/mol. The number of rotatable bonds is 2. The van der Waals surface area contributed by atoms with E-state index in [1.807, 2.05) is 30.3 Å². The molecule has 0 saturated heterocycles. The van der Waals surface area contributed by atoms with Crippen molar-refractivity contribution in [3.8, 4) is 0 Å². The molecule has 2 rings (SSSR count). The van der Waals surface area contributed by atoms with Crippen molar-refractivity contribution in [2.45, 2.75) is 6.42 Å². The third-order valence-corrected chi connectivity index (χ3v) is 4.38. The van der Waals surface area contributed by atoms with Gasteiger partial charge in [-0.1, -0.05) is 29.8 Å². The van der Waals surface area contributed by atoms with E-state index >= 15 is 0 Å². The Hall–Kier alpha value is -0.840. The van der Waals surface area contributed by atoms with Gasteiger partial charge in [0.15, 0.2) is 0 Å². The molecule has 1 aromatic rings. The van der Waals surface area contributed by atoms with E-state index in [1.165, 1.54) is 16.1 Å². The molecule has 0 fully saturated rings. The number of hydrogen-bond donors (Lipinski definition) is 0. The van der Waals surface area contributed by atoms with Crippen molar-refractivity contribution in [2.24, 2.45) is 0 Å². The molecule has 1 aliphatic heterocycles. The summed E-state index contributed by atoms with van der Waals surface area (Å²) in [5.74, 6) is 0. The van der Waals surface area contributed by atoms with Gasteiger partial charge in [0.1, 0.15) is 0 Å². The zero-order valence-electron chi connectivity index (χ0n) is 9.56. The maximum absolute atomic E-state index is 11.4. The lowest BCUT2D eigenvalue weighted by atomic mass is 10.0. The van der Waals surface area contributed by atoms with Gasteiger partial charge < -0.3 is 0 Å². The molecule has 0 amide bonds. The molecule has 0 spiro atoms. The highest BCUT2D eigenvalue weighted by molar-refractivity contribution is 7.88. The van der Waals surface area contributed by atoms with Crippen LogP contribution in [0.4, 0.5) is 0 Å². The van der Waals surface area contributed by atoms with Gasteiger partial charge in [0, 0.05) is 18.1 Å². The van der Waals surface area contributed by atoms with Crippen LogP contribution in [0.5, 0.6) is 0 Å². The molecule has 0 radical (unpaired) electrons. The van der Waals surface area contributed by atoms with Crippen LogP contribution < -0.4 is 0 Å². The molecule has 1 heterocycles. The molecule has 17 heavy (non-hydrogen) atoms. The minimum atomic E-state index is -3.07. The van der Waals surface area contributed by atoms with E-state index in [2.05, 4.69) is 0 Å². The Morgan fingerprint density at radius 3 is 2.35 bits per heavy atom. The van der Waals surface area contributed by atoms with E-state index in [9.17, 15) is 8.42 Å². The Kier molecular flexibility index (Phi) is 3.56. The normalized spacial score (nSPS) is 17.9. The molecular formula is C12H14ClNO2S. The highest BCUT2D eigenvalue weighted by atomic mass is 35.5. The van der Waals surface area contributed by atoms with E-state index in [1.54, 1.807) is 0 Å². The van der Waals surface area contributed by atoms with Crippen LogP contribution in [0.1, 0.15) is 12.0 Å². The van der Waals surface area contributed by atoms with Crippen molar-refractivity contribution >= 4 is 27.2 Å². The van der Waals surface area contributed by atoms with Gasteiger partial charge in [-0.3, -0.25) is 0 Å². The number of hydrogen-bond acceptors (Lipinski definition) is 2. The largest absolute Gasteiger partial charge is 0.212 e. The second-order valence-electron chi connectivity index (χ2n) is 4.11. The van der Waals surface area contributed by atoms with Gasteiger partial charge in [0.25, 0.3) is 0 Å². The van der Waals surface area contributed by atoms with Crippen molar-refractivity contribution in [2.75, 3.05) is 19.3 Å². The van der Waals surface area contributed by atoms with E-state index in [-0.39, 0.29) is 0 Å². The van der Waals surface area contributed by atoms with E-state index in [4.69, 9.17) is 11.6 Å². The second kappa shape index (κ2) is 4.80. The van der Waals surface area contributed by atoms with Crippen LogP contribution in [0.2, 0.25) is 5.02 Å². The average Bonchev–Trinajstić information content (AvgIpc) is 2.29. The number of sulfonamides is 1. The van der Waals surface area contributed by atoms with E-state index in [0.717, 1.165) is 12.0 Å². The van der Waals surface area contributed by atoms with Crippen LogP contribution in [-0.4, -0.2) is 32.1 Å². The first-order valence-corrected chi connectivity index (χ1v) is 7.59. The average molecular weight is 272 g/mol. The highest BCUT2D eigenvalue weighted by Crippen LogP contribution is 2.24. The molecule has 0 N–H and O–H groups in total. The molecule has 0 aliphatic carbocycles. The van der Waals surface area contributed by atoms with Crippen molar-refractivity contribution in [3.05, 3.63) is 40.9 Å². The third-order valence-electron chi connectivity index (χ3n) is 2.86. The van der Waals surface area contributed by atoms with Gasteiger partial charge in [0.2, 0.25) is 10.0 Å². The molecular weight excluding hydrogens is 258 g/mol. The number of benzene rings is 1. The second-order valence-corrected chi connectivity index (χ2v) is 6.53. The fourth-order valence-electron chi connectivity index (χ4n) is 1.88. The molecule has 3 nitrogen and oxygen atoms in total. The van der Waals surface area contributed by atoms with Crippen LogP contribution >= 0.6 is 11.6 Å². The molecule has 0 bridgehead atoms. The summed E-state index contributed by atoms with van der Waals surface area (Å²) in [6.45, 7) is 1.00. The summed E-state index contributed by atoms with van der Waals surface area (Å²) in [5, 5.41) is 0.711. The first-order chi connectivity index (χ1) is 7.97. The Labute approximate surface area is 107 Å². The van der Waals surface area contributed by atoms with Crippen molar-refractivity contribution in [1.29, 1.82) is 0 Å². The molecule has 0 saturated carbocycles. The first-order valence-electron chi connectivity index (χ1n) is 5.37. The van der Waals surface area contributed by atoms with Gasteiger partial charge >= 0.3 is 0 Å². The zero-order chi connectivity index (χ0) is 12.5. The molecule has 5 heteroatoms. The summed E-state index contributed by atoms with van der Waals surface area (Å²) in [5.41, 5.74) is 2.30. The Morgan fingerprint density at radius 1 is 1.24 bits per heavy atom. The van der Waals surface area contributed by atoms with Crippen LogP contribution in [0.3, 0.4) is 0 Å². The lowest BCUT2D eigenvalue weighted by Crippen LogP contribution is -2.33. The first kappa shape index (κ1) is 12.6. The lowest BCUT2D eigenvalue weighted by Gasteiger charge is -2.24. The van der Waals surface area contributed by atoms with Crippen molar-refractivity contribution < 1.29 is 8.42 Å². The summed E-state index contributed by atoms with van der Waals surface area (Å²) >= 11 is 5.83. The van der Waals surface area contributed by atoms with Crippen molar-refractivity contribution in [3.63, 3.8) is 0 Å². The fourth-order valence-corrected chi connectivity index (χ4v) is 2.77. The minimum absolute atomic E-state index is 0.455. The zero-order valence-corrected chi connectivity index (χ0v) is 11.1. The highest BCUT2D eigenvalue weighted by Gasteiger charge is 2.19. The summed E-state index contributed by atoms with van der Waals surface area (Å²) in [7, 11) is -3.07. The van der Waals surface area contributed by atoms with Gasteiger partial charge in [-0.2, -0.15) is 4.31 Å². The van der Waals surface area contributed by atoms with Gasteiger partial charge in [0.05, 0.1) is 6.26 Å². The van der Waals surface area contributed by atoms with Crippen LogP contribution in [0.15, 0.2) is 30.3 Å².